The van der Waals surface area contributed by atoms with E-state index in [0.29, 0.717) is 24.1 Å². The monoisotopic (exact) mass is 851 g/mol. The van der Waals surface area contributed by atoms with Crippen molar-refractivity contribution in [2.24, 2.45) is 5.92 Å². The first-order chi connectivity index (χ1) is 30.4. The number of amides is 4. The molecule has 1 atom stereocenters. The highest BCUT2D eigenvalue weighted by Crippen LogP contribution is 2.33. The summed E-state index contributed by atoms with van der Waals surface area (Å²) >= 11 is 0. The third-order valence-electron chi connectivity index (χ3n) is 12.4. The zero-order valence-corrected chi connectivity index (χ0v) is 36.4. The molecule has 3 N–H and O–H groups in total. The van der Waals surface area contributed by atoms with Gasteiger partial charge in [0.2, 0.25) is 5.91 Å². The number of anilines is 3. The highest BCUT2D eigenvalue weighted by atomic mass is 16.5. The van der Waals surface area contributed by atoms with Crippen LogP contribution in [0.4, 0.5) is 22.0 Å². The SMILES string of the molecule is Cc1cc(-c2ncnc3[nH]c(-c4ccc(N5CCC(CN6CCN(c7ccc(N8CCC(=O)NC8=O)nc7)CC6)CC5)cn4)cc23)ccc1[C@@H](C)NC(=O)c1nc(C(C)(C)C)no1. The number of aromatic amines is 1. The molecule has 3 aliphatic rings. The summed E-state index contributed by atoms with van der Waals surface area (Å²) in [4.78, 5) is 71.9. The minimum atomic E-state index is -0.417. The Morgan fingerprint density at radius 3 is 2.30 bits per heavy atom. The fourth-order valence-electron chi connectivity index (χ4n) is 8.74. The molecule has 17 nitrogen and oxygen atoms in total. The van der Waals surface area contributed by atoms with Crippen LogP contribution in [0.25, 0.3) is 33.7 Å². The van der Waals surface area contributed by atoms with Gasteiger partial charge in [0, 0.05) is 75.1 Å². The molecule has 63 heavy (non-hydrogen) atoms. The molecule has 8 heterocycles. The molecular weight excluding hydrogens is 799 g/mol. The molecule has 0 radical (unpaired) electrons. The van der Waals surface area contributed by atoms with Crippen molar-refractivity contribution in [1.82, 2.24) is 50.6 Å². The topological polar surface area (TPSA) is 194 Å². The number of hydrogen-bond donors (Lipinski definition) is 3. The van der Waals surface area contributed by atoms with Crippen LogP contribution < -0.4 is 25.3 Å². The second-order valence-corrected chi connectivity index (χ2v) is 17.9. The number of rotatable bonds is 10. The van der Waals surface area contributed by atoms with Crippen molar-refractivity contribution in [3.05, 3.63) is 90.1 Å². The Balaban J connectivity index is 0.768. The van der Waals surface area contributed by atoms with Crippen LogP contribution in [0, 0.1) is 12.8 Å². The zero-order chi connectivity index (χ0) is 43.8. The van der Waals surface area contributed by atoms with Gasteiger partial charge in [-0.15, -0.1) is 0 Å². The summed E-state index contributed by atoms with van der Waals surface area (Å²) in [6.07, 6.45) is 7.93. The van der Waals surface area contributed by atoms with Crippen LogP contribution in [0.5, 0.6) is 0 Å². The zero-order valence-electron chi connectivity index (χ0n) is 36.4. The first kappa shape index (κ1) is 41.6. The van der Waals surface area contributed by atoms with Crippen molar-refractivity contribution in [2.45, 2.75) is 65.3 Å². The Labute approximate surface area is 365 Å². The van der Waals surface area contributed by atoms with Crippen LogP contribution in [-0.2, 0) is 10.2 Å². The Morgan fingerprint density at radius 2 is 1.63 bits per heavy atom. The summed E-state index contributed by atoms with van der Waals surface area (Å²) in [7, 11) is 0. The van der Waals surface area contributed by atoms with Crippen molar-refractivity contribution >= 4 is 46.1 Å². The standard InChI is InChI=1S/C46H53N13O4/c1-28-22-31(6-9-34(28)29(2)51-42(61)43-54-44(55-63-43)46(3,4)5)40-35-23-37(52-41(35)50-27-49-40)36-10-7-32(24-47-36)57-15-12-30(13-16-57)26-56-18-20-58(21-19-56)33-8-11-38(48-25-33)59-17-14-39(60)53-45(59)62/h6-11,22-25,27,29-30H,12-21,26H2,1-5H3,(H,51,61)(H,49,50,52)(H,53,60,62)/t29-/m1/s1. The molecule has 6 aromatic rings. The number of nitrogens with zero attached hydrogens (tertiary/aromatic N) is 10. The van der Waals surface area contributed by atoms with Gasteiger partial charge in [0.15, 0.2) is 5.82 Å². The number of piperazine rings is 1. The van der Waals surface area contributed by atoms with E-state index in [0.717, 1.165) is 115 Å². The molecule has 0 aliphatic carbocycles. The molecule has 0 saturated carbocycles. The van der Waals surface area contributed by atoms with Gasteiger partial charge < -0.3 is 24.6 Å². The van der Waals surface area contributed by atoms with Gasteiger partial charge >= 0.3 is 17.8 Å². The molecule has 5 aromatic heterocycles. The summed E-state index contributed by atoms with van der Waals surface area (Å²) in [5.41, 5.74) is 8.03. The second-order valence-electron chi connectivity index (χ2n) is 17.9. The number of hydrogen-bond acceptors (Lipinski definition) is 13. The lowest BCUT2D eigenvalue weighted by Gasteiger charge is -2.40. The van der Waals surface area contributed by atoms with Gasteiger partial charge in [-0.1, -0.05) is 38.1 Å². The molecular formula is C46H53N13O4. The number of urea groups is 1. The average Bonchev–Trinajstić information content (AvgIpc) is 3.97. The van der Waals surface area contributed by atoms with E-state index < -0.39 is 11.9 Å². The maximum atomic E-state index is 12.9. The van der Waals surface area contributed by atoms with Crippen LogP contribution >= 0.6 is 0 Å². The molecule has 3 saturated heterocycles. The number of carbonyl (C=O) groups excluding carboxylic acids is 3. The number of benzene rings is 1. The smallest absolute Gasteiger partial charge is 0.329 e. The highest BCUT2D eigenvalue weighted by Gasteiger charge is 2.28. The summed E-state index contributed by atoms with van der Waals surface area (Å²) in [5.74, 6) is 0.982. The molecule has 4 amide bonds. The first-order valence-corrected chi connectivity index (χ1v) is 21.7. The lowest BCUT2D eigenvalue weighted by atomic mass is 9.95. The summed E-state index contributed by atoms with van der Waals surface area (Å²) in [6.45, 7) is 17.2. The van der Waals surface area contributed by atoms with Crippen molar-refractivity contribution in [1.29, 1.82) is 0 Å². The molecule has 0 spiro atoms. The van der Waals surface area contributed by atoms with Gasteiger partial charge in [0.25, 0.3) is 0 Å². The lowest BCUT2D eigenvalue weighted by molar-refractivity contribution is -0.120. The van der Waals surface area contributed by atoms with Crippen LogP contribution in [-0.4, -0.2) is 110 Å². The fourth-order valence-corrected chi connectivity index (χ4v) is 8.74. The minimum absolute atomic E-state index is 0.0515. The Kier molecular flexibility index (Phi) is 11.4. The molecule has 1 aromatic carbocycles. The van der Waals surface area contributed by atoms with E-state index in [1.54, 1.807) is 6.33 Å². The molecule has 17 heteroatoms. The van der Waals surface area contributed by atoms with Crippen molar-refractivity contribution in [3.8, 4) is 22.6 Å². The third kappa shape index (κ3) is 8.96. The maximum Gasteiger partial charge on any atom is 0.329 e. The van der Waals surface area contributed by atoms with Crippen LogP contribution in [0.15, 0.2) is 71.8 Å². The van der Waals surface area contributed by atoms with Crippen molar-refractivity contribution in [3.63, 3.8) is 0 Å². The van der Waals surface area contributed by atoms with Gasteiger partial charge in [-0.25, -0.2) is 19.7 Å². The number of nitrogens with one attached hydrogen (secondary N) is 3. The summed E-state index contributed by atoms with van der Waals surface area (Å²) in [5, 5.41) is 10.2. The van der Waals surface area contributed by atoms with E-state index in [4.69, 9.17) is 9.51 Å². The van der Waals surface area contributed by atoms with Crippen LogP contribution in [0.2, 0.25) is 0 Å². The predicted octanol–water partition coefficient (Wildman–Crippen LogP) is 6.05. The Bertz CT molecular complexity index is 2620. The second kappa shape index (κ2) is 17.2. The highest BCUT2D eigenvalue weighted by molar-refractivity contribution is 6.05. The van der Waals surface area contributed by atoms with E-state index in [1.807, 2.05) is 71.3 Å². The molecule has 3 aliphatic heterocycles. The Morgan fingerprint density at radius 1 is 0.889 bits per heavy atom. The number of imide groups is 1. The summed E-state index contributed by atoms with van der Waals surface area (Å²) < 4.78 is 5.25. The van der Waals surface area contributed by atoms with Crippen molar-refractivity contribution < 1.29 is 18.9 Å². The maximum absolute atomic E-state index is 12.9. The summed E-state index contributed by atoms with van der Waals surface area (Å²) in [6, 6.07) is 15.6. The van der Waals surface area contributed by atoms with Crippen LogP contribution in [0.1, 0.15) is 80.6 Å². The van der Waals surface area contributed by atoms with Crippen molar-refractivity contribution in [2.75, 3.05) is 67.1 Å². The number of H-pyrrole nitrogens is 1. The number of pyridine rings is 2. The number of aryl methyl sites for hydroxylation is 1. The number of aromatic nitrogens is 7. The minimum Gasteiger partial charge on any atom is -0.370 e. The van der Waals surface area contributed by atoms with Crippen LogP contribution in [0.3, 0.4) is 0 Å². The van der Waals surface area contributed by atoms with Gasteiger partial charge in [-0.3, -0.25) is 29.7 Å². The normalized spacial score (nSPS) is 17.3. The van der Waals surface area contributed by atoms with E-state index >= 15 is 0 Å². The predicted molar refractivity (Wildman–Crippen MR) is 240 cm³/mol. The lowest BCUT2D eigenvalue weighted by Crippen LogP contribution is -2.50. The average molecular weight is 852 g/mol. The van der Waals surface area contributed by atoms with Gasteiger partial charge in [-0.05, 0) is 80.1 Å². The van der Waals surface area contributed by atoms with E-state index in [2.05, 4.69) is 79.7 Å². The number of carbonyl (C=O) groups is 3. The Hall–Kier alpha value is -6.75. The first-order valence-electron chi connectivity index (χ1n) is 21.7. The molecule has 326 valence electrons. The van der Waals surface area contributed by atoms with E-state index in [9.17, 15) is 14.4 Å². The van der Waals surface area contributed by atoms with Gasteiger partial charge in [0.1, 0.15) is 17.8 Å². The van der Waals surface area contributed by atoms with E-state index in [-0.39, 0.29) is 29.7 Å². The van der Waals surface area contributed by atoms with Gasteiger partial charge in [0.05, 0.1) is 46.9 Å². The molecule has 0 unspecified atom stereocenters. The molecule has 3 fully saturated rings. The molecule has 9 rings (SSSR count). The number of piperidine rings is 1. The number of fused-ring (bicyclic) bond motifs is 1. The quantitative estimate of drug-likeness (QED) is 0.144. The van der Waals surface area contributed by atoms with E-state index in [1.165, 1.54) is 4.90 Å². The largest absolute Gasteiger partial charge is 0.370 e. The van der Waals surface area contributed by atoms with Gasteiger partial charge in [-0.2, -0.15) is 4.98 Å². The molecule has 0 bridgehead atoms. The fraction of sp³-hybridized carbons (Fsp3) is 0.413. The third-order valence-corrected chi connectivity index (χ3v) is 12.4.